The van der Waals surface area contributed by atoms with Crippen molar-refractivity contribution in [1.82, 2.24) is 10.3 Å². The average molecular weight is 234 g/mol. The molecule has 4 nitrogen and oxygen atoms in total. The van der Waals surface area contributed by atoms with Gasteiger partial charge in [0.15, 0.2) is 11.2 Å². The molecule has 0 aliphatic rings. The van der Waals surface area contributed by atoms with Crippen molar-refractivity contribution in [3.63, 3.8) is 0 Å². The van der Waals surface area contributed by atoms with Crippen LogP contribution in [0, 0.1) is 0 Å². The molecule has 0 fully saturated rings. The summed E-state index contributed by atoms with van der Waals surface area (Å²) in [5, 5.41) is 12.2. The molecular weight excluding hydrogens is 228 g/mol. The maximum Gasteiger partial charge on any atom is 0.176 e. The highest BCUT2D eigenvalue weighted by molar-refractivity contribution is 6.29. The van der Waals surface area contributed by atoms with E-state index in [2.05, 4.69) is 10.3 Å². The molecule has 0 N–H and O–H groups in total. The van der Waals surface area contributed by atoms with Crippen LogP contribution in [-0.2, 0) is 0 Å². The zero-order valence-electron chi connectivity index (χ0n) is 9.18. The van der Waals surface area contributed by atoms with Crippen LogP contribution in [0.2, 0.25) is 0 Å². The summed E-state index contributed by atoms with van der Waals surface area (Å²) in [7, 11) is 0. The van der Waals surface area contributed by atoms with Crippen molar-refractivity contribution in [2.45, 2.75) is 0 Å². The maximum absolute atomic E-state index is 5.49. The summed E-state index contributed by atoms with van der Waals surface area (Å²) in [6.07, 6.45) is 0. The van der Waals surface area contributed by atoms with Gasteiger partial charge in [0.05, 0.1) is 10.8 Å². The predicted molar refractivity (Wildman–Crippen MR) is 67.8 cm³/mol. The Hall–Kier alpha value is -2.62. The van der Waals surface area contributed by atoms with Crippen LogP contribution < -0.4 is 0 Å². The maximum atomic E-state index is 5.49. The molecule has 0 amide bonds. The van der Waals surface area contributed by atoms with E-state index in [1.807, 2.05) is 36.4 Å². The van der Waals surface area contributed by atoms with Gasteiger partial charge in [-0.3, -0.25) is 0 Å². The van der Waals surface area contributed by atoms with Gasteiger partial charge in [0, 0.05) is 10.8 Å². The van der Waals surface area contributed by atoms with E-state index in [1.54, 1.807) is 0 Å². The van der Waals surface area contributed by atoms with Crippen LogP contribution in [0.25, 0.3) is 43.7 Å². The Morgan fingerprint density at radius 3 is 1.67 bits per heavy atom. The van der Waals surface area contributed by atoms with Gasteiger partial charge < -0.3 is 9.05 Å². The van der Waals surface area contributed by atoms with E-state index in [-0.39, 0.29) is 0 Å². The molecule has 0 aliphatic heterocycles. The molecule has 0 saturated heterocycles. The molecule has 4 heteroatoms. The van der Waals surface area contributed by atoms with Gasteiger partial charge in [-0.25, -0.2) is 0 Å². The third-order valence-electron chi connectivity index (χ3n) is 3.50. The minimum absolute atomic E-state index is 0.807. The quantitative estimate of drug-likeness (QED) is 0.383. The summed E-state index contributed by atoms with van der Waals surface area (Å²) in [5.41, 5.74) is 3.31. The van der Waals surface area contributed by atoms with Crippen LogP contribution in [0.3, 0.4) is 0 Å². The molecule has 5 aromatic rings. The van der Waals surface area contributed by atoms with E-state index in [4.69, 9.17) is 9.05 Å². The van der Waals surface area contributed by atoms with Gasteiger partial charge in [-0.15, -0.1) is 0 Å². The number of rotatable bonds is 0. The number of hydrogen-bond donors (Lipinski definition) is 0. The van der Waals surface area contributed by atoms with Crippen LogP contribution in [0.1, 0.15) is 0 Å². The van der Waals surface area contributed by atoms with Crippen molar-refractivity contribution in [3.8, 4) is 0 Å². The summed E-state index contributed by atoms with van der Waals surface area (Å²) in [4.78, 5) is 0. The van der Waals surface area contributed by atoms with Gasteiger partial charge >= 0.3 is 0 Å². The molecule has 0 atom stereocenters. The smallest absolute Gasteiger partial charge is 0.176 e. The van der Waals surface area contributed by atoms with Crippen molar-refractivity contribution in [2.24, 2.45) is 0 Å². The Kier molecular flexibility index (Phi) is 1.23. The van der Waals surface area contributed by atoms with Crippen molar-refractivity contribution >= 4 is 43.7 Å². The van der Waals surface area contributed by atoms with Gasteiger partial charge in [0.2, 0.25) is 0 Å². The number of benzene rings is 3. The van der Waals surface area contributed by atoms with Gasteiger partial charge in [0.25, 0.3) is 0 Å². The topological polar surface area (TPSA) is 52.1 Å². The fourth-order valence-corrected chi connectivity index (χ4v) is 2.74. The number of hydrogen-bond acceptors (Lipinski definition) is 4. The van der Waals surface area contributed by atoms with Gasteiger partial charge in [-0.05, 0) is 12.1 Å². The lowest BCUT2D eigenvalue weighted by atomic mass is 10.0. The summed E-state index contributed by atoms with van der Waals surface area (Å²) < 4.78 is 11.0. The Bertz CT molecular complexity index is 941. The molecule has 0 spiro atoms. The first kappa shape index (κ1) is 8.47. The molecule has 2 aromatic heterocycles. The van der Waals surface area contributed by atoms with Crippen molar-refractivity contribution in [3.05, 3.63) is 36.4 Å². The largest absolute Gasteiger partial charge is 0.355 e. The zero-order valence-corrected chi connectivity index (χ0v) is 9.18. The summed E-state index contributed by atoms with van der Waals surface area (Å²) >= 11 is 0. The SMILES string of the molecule is c1cc2noc3c4cccc5noc(c(c1)c23)c54. The van der Waals surface area contributed by atoms with Crippen LogP contribution in [0.4, 0.5) is 0 Å². The summed E-state index contributed by atoms with van der Waals surface area (Å²) in [5.74, 6) is 0. The molecule has 0 bridgehead atoms. The van der Waals surface area contributed by atoms with Crippen LogP contribution in [0.15, 0.2) is 45.4 Å². The minimum atomic E-state index is 0.807. The fourth-order valence-electron chi connectivity index (χ4n) is 2.74. The van der Waals surface area contributed by atoms with E-state index in [9.17, 15) is 0 Å². The summed E-state index contributed by atoms with van der Waals surface area (Å²) in [6.45, 7) is 0. The Labute approximate surface area is 100 Å². The monoisotopic (exact) mass is 234 g/mol. The zero-order chi connectivity index (χ0) is 11.7. The van der Waals surface area contributed by atoms with E-state index >= 15 is 0 Å². The van der Waals surface area contributed by atoms with Crippen LogP contribution in [0.5, 0.6) is 0 Å². The van der Waals surface area contributed by atoms with E-state index in [0.717, 1.165) is 43.7 Å². The third kappa shape index (κ3) is 0.777. The lowest BCUT2D eigenvalue weighted by molar-refractivity contribution is 0.466. The van der Waals surface area contributed by atoms with Crippen molar-refractivity contribution in [2.75, 3.05) is 0 Å². The summed E-state index contributed by atoms with van der Waals surface area (Å²) in [6, 6.07) is 11.8. The van der Waals surface area contributed by atoms with Gasteiger partial charge in [0.1, 0.15) is 11.0 Å². The standard InChI is InChI=1S/C14H6N2O2/c1-3-7-11-9(5-1)15-18-14(11)8-4-2-6-10-12(8)13(7)17-16-10/h1-6H. The molecule has 2 heterocycles. The lowest BCUT2D eigenvalue weighted by Crippen LogP contribution is -1.78. The normalized spacial score (nSPS) is 12.4. The van der Waals surface area contributed by atoms with E-state index in [0.29, 0.717) is 0 Å². The highest BCUT2D eigenvalue weighted by Gasteiger charge is 2.19. The second kappa shape index (κ2) is 2.61. The third-order valence-corrected chi connectivity index (χ3v) is 3.50. The molecule has 0 saturated carbocycles. The number of nitrogens with zero attached hydrogens (tertiary/aromatic N) is 2. The molecular formula is C14H6N2O2. The lowest BCUT2D eigenvalue weighted by Gasteiger charge is -1.99. The Morgan fingerprint density at radius 1 is 0.667 bits per heavy atom. The predicted octanol–water partition coefficient (Wildman–Crippen LogP) is 3.71. The number of fused-ring (bicyclic) bond motifs is 2. The average Bonchev–Trinajstić information content (AvgIpc) is 3.01. The molecule has 3 aromatic carbocycles. The molecule has 0 aliphatic carbocycles. The first-order valence-electron chi connectivity index (χ1n) is 5.71. The molecule has 0 unspecified atom stereocenters. The van der Waals surface area contributed by atoms with Crippen molar-refractivity contribution in [1.29, 1.82) is 0 Å². The van der Waals surface area contributed by atoms with Crippen molar-refractivity contribution < 1.29 is 9.05 Å². The fraction of sp³-hybridized carbons (Fsp3) is 0. The first-order chi connectivity index (χ1) is 8.93. The van der Waals surface area contributed by atoms with E-state index in [1.165, 1.54) is 0 Å². The second-order valence-electron chi connectivity index (χ2n) is 4.42. The van der Waals surface area contributed by atoms with E-state index < -0.39 is 0 Å². The van der Waals surface area contributed by atoms with Crippen LogP contribution >= 0.6 is 0 Å². The van der Waals surface area contributed by atoms with Gasteiger partial charge in [-0.2, -0.15) is 0 Å². The highest BCUT2D eigenvalue weighted by Crippen LogP contribution is 2.39. The second-order valence-corrected chi connectivity index (χ2v) is 4.42. The molecule has 5 rings (SSSR count). The first-order valence-corrected chi connectivity index (χ1v) is 5.71. The molecule has 18 heavy (non-hydrogen) atoms. The molecule has 84 valence electrons. The van der Waals surface area contributed by atoms with Gasteiger partial charge in [-0.1, -0.05) is 34.6 Å². The highest BCUT2D eigenvalue weighted by atomic mass is 16.5. The van der Waals surface area contributed by atoms with Crippen LogP contribution in [-0.4, -0.2) is 10.3 Å². The minimum Gasteiger partial charge on any atom is -0.355 e. The Balaban J connectivity index is 2.35. The molecule has 0 radical (unpaired) electrons. The number of aromatic nitrogens is 2. The Morgan fingerprint density at radius 2 is 1.17 bits per heavy atom.